The number of hydrogen-bond acceptors (Lipinski definition) is 1. The molecule has 0 aliphatic carbocycles. The molecule has 1 heteroatoms. The SMILES string of the molecule is Cc1ccc(-c2ccccc2)cc1.c1ccc(-c2ccc(Nc3ccc(-c4ccccc4)cc3)cc2)cc1. The van der Waals surface area contributed by atoms with Crippen LogP contribution in [0.5, 0.6) is 0 Å². The van der Waals surface area contributed by atoms with Crippen molar-refractivity contribution in [1.29, 1.82) is 0 Å². The van der Waals surface area contributed by atoms with Crippen LogP contribution in [-0.2, 0) is 0 Å². The van der Waals surface area contributed by atoms with Crippen LogP contribution in [0.4, 0.5) is 11.4 Å². The Bertz CT molecular complexity index is 1440. The second-order valence-electron chi connectivity index (χ2n) is 9.24. The zero-order valence-electron chi connectivity index (χ0n) is 21.6. The third-order valence-corrected chi connectivity index (χ3v) is 6.43. The number of aryl methyl sites for hydroxylation is 1. The van der Waals surface area contributed by atoms with Gasteiger partial charge in [0, 0.05) is 11.4 Å². The van der Waals surface area contributed by atoms with Crippen molar-refractivity contribution in [1.82, 2.24) is 0 Å². The summed E-state index contributed by atoms with van der Waals surface area (Å²) >= 11 is 0. The van der Waals surface area contributed by atoms with E-state index < -0.39 is 0 Å². The Kier molecular flexibility index (Phi) is 8.08. The molecule has 1 N–H and O–H groups in total. The number of hydrogen-bond donors (Lipinski definition) is 1. The molecule has 6 rings (SSSR count). The van der Waals surface area contributed by atoms with E-state index in [9.17, 15) is 0 Å². The summed E-state index contributed by atoms with van der Waals surface area (Å²) in [6.07, 6.45) is 0. The average molecular weight is 490 g/mol. The van der Waals surface area contributed by atoms with E-state index >= 15 is 0 Å². The fourth-order valence-electron chi connectivity index (χ4n) is 4.30. The number of benzene rings is 6. The van der Waals surface area contributed by atoms with E-state index in [2.05, 4.69) is 158 Å². The van der Waals surface area contributed by atoms with Gasteiger partial charge in [0.05, 0.1) is 0 Å². The maximum atomic E-state index is 3.46. The first-order valence-corrected chi connectivity index (χ1v) is 12.9. The molecule has 0 aliphatic rings. The minimum atomic E-state index is 1.09. The van der Waals surface area contributed by atoms with Crippen molar-refractivity contribution in [2.24, 2.45) is 0 Å². The Morgan fingerprint density at radius 1 is 0.289 bits per heavy atom. The maximum absolute atomic E-state index is 3.46. The highest BCUT2D eigenvalue weighted by atomic mass is 14.9. The molecule has 0 spiro atoms. The Morgan fingerprint density at radius 2 is 0.553 bits per heavy atom. The zero-order valence-corrected chi connectivity index (χ0v) is 21.6. The first-order chi connectivity index (χ1) is 18.7. The average Bonchev–Trinajstić information content (AvgIpc) is 3.00. The van der Waals surface area contributed by atoms with E-state index in [0.29, 0.717) is 0 Å². The topological polar surface area (TPSA) is 12.0 Å². The molecule has 0 aliphatic heterocycles. The molecule has 1 nitrogen and oxygen atoms in total. The second-order valence-corrected chi connectivity index (χ2v) is 9.24. The lowest BCUT2D eigenvalue weighted by molar-refractivity contribution is 1.47. The predicted octanol–water partition coefficient (Wildman–Crippen LogP) is 10.4. The van der Waals surface area contributed by atoms with Gasteiger partial charge in [-0.3, -0.25) is 0 Å². The van der Waals surface area contributed by atoms with Crippen molar-refractivity contribution in [3.05, 3.63) is 169 Å². The fourth-order valence-corrected chi connectivity index (χ4v) is 4.30. The molecule has 0 fully saturated rings. The van der Waals surface area contributed by atoms with E-state index in [1.807, 2.05) is 18.2 Å². The molecule has 0 radical (unpaired) electrons. The van der Waals surface area contributed by atoms with Crippen molar-refractivity contribution in [3.8, 4) is 33.4 Å². The first kappa shape index (κ1) is 24.8. The molecule has 184 valence electrons. The smallest absolute Gasteiger partial charge is 0.0384 e. The monoisotopic (exact) mass is 489 g/mol. The molecule has 38 heavy (non-hydrogen) atoms. The lowest BCUT2D eigenvalue weighted by Gasteiger charge is -2.09. The molecule has 0 saturated carbocycles. The third kappa shape index (κ3) is 6.66. The van der Waals surface area contributed by atoms with E-state index in [1.165, 1.54) is 38.9 Å². The standard InChI is InChI=1S/C24H19N.C13H12/c1-3-7-19(8-4-1)21-11-15-23(16-12-21)25-24-17-13-22(14-18-24)20-9-5-2-6-10-20;1-11-7-9-13(10-8-11)12-5-3-2-4-6-12/h1-18,25H;2-10H,1H3. The van der Waals surface area contributed by atoms with Crippen LogP contribution in [-0.4, -0.2) is 0 Å². The second kappa shape index (κ2) is 12.4. The molecule has 0 heterocycles. The van der Waals surface area contributed by atoms with Crippen LogP contribution in [0.2, 0.25) is 0 Å². The fraction of sp³-hybridized carbons (Fsp3) is 0.0270. The van der Waals surface area contributed by atoms with Crippen LogP contribution in [0.3, 0.4) is 0 Å². The van der Waals surface area contributed by atoms with Gasteiger partial charge in [0.2, 0.25) is 0 Å². The largest absolute Gasteiger partial charge is 0.356 e. The van der Waals surface area contributed by atoms with Gasteiger partial charge in [-0.1, -0.05) is 145 Å². The summed E-state index contributed by atoms with van der Waals surface area (Å²) in [7, 11) is 0. The van der Waals surface area contributed by atoms with Gasteiger partial charge < -0.3 is 5.32 Å². The van der Waals surface area contributed by atoms with Gasteiger partial charge in [-0.25, -0.2) is 0 Å². The predicted molar refractivity (Wildman–Crippen MR) is 164 cm³/mol. The summed E-state index contributed by atoms with van der Waals surface area (Å²) in [4.78, 5) is 0. The van der Waals surface area contributed by atoms with Gasteiger partial charge in [0.15, 0.2) is 0 Å². The van der Waals surface area contributed by atoms with Gasteiger partial charge in [-0.05, 0) is 64.6 Å². The Morgan fingerprint density at radius 3 is 0.868 bits per heavy atom. The summed E-state index contributed by atoms with van der Waals surface area (Å²) in [6, 6.07) is 57.0. The molecular weight excluding hydrogens is 458 g/mol. The van der Waals surface area contributed by atoms with Crippen molar-refractivity contribution in [2.45, 2.75) is 6.92 Å². The highest BCUT2D eigenvalue weighted by Crippen LogP contribution is 2.25. The van der Waals surface area contributed by atoms with Crippen LogP contribution in [0.1, 0.15) is 5.56 Å². The summed E-state index contributed by atoms with van der Waals surface area (Å²) in [5.41, 5.74) is 11.0. The molecule has 6 aromatic rings. The third-order valence-electron chi connectivity index (χ3n) is 6.43. The molecule has 0 aromatic heterocycles. The van der Waals surface area contributed by atoms with Crippen LogP contribution in [0.15, 0.2) is 164 Å². The van der Waals surface area contributed by atoms with Crippen LogP contribution < -0.4 is 5.32 Å². The summed E-state index contributed by atoms with van der Waals surface area (Å²) in [5.74, 6) is 0. The summed E-state index contributed by atoms with van der Waals surface area (Å²) < 4.78 is 0. The van der Waals surface area contributed by atoms with E-state index in [-0.39, 0.29) is 0 Å². The highest BCUT2D eigenvalue weighted by Gasteiger charge is 2.00. The molecule has 0 saturated heterocycles. The van der Waals surface area contributed by atoms with Crippen LogP contribution in [0.25, 0.3) is 33.4 Å². The molecule has 0 bridgehead atoms. The van der Waals surface area contributed by atoms with Gasteiger partial charge in [0.25, 0.3) is 0 Å². The Balaban J connectivity index is 0.000000190. The minimum absolute atomic E-state index is 1.09. The van der Waals surface area contributed by atoms with E-state index in [1.54, 1.807) is 0 Å². The number of rotatable bonds is 5. The van der Waals surface area contributed by atoms with E-state index in [4.69, 9.17) is 0 Å². The van der Waals surface area contributed by atoms with Crippen molar-refractivity contribution in [2.75, 3.05) is 5.32 Å². The number of anilines is 2. The lowest BCUT2D eigenvalue weighted by Crippen LogP contribution is -1.90. The Labute approximate surface area is 226 Å². The number of nitrogens with one attached hydrogen (secondary N) is 1. The molecule has 0 unspecified atom stereocenters. The van der Waals surface area contributed by atoms with Crippen LogP contribution >= 0.6 is 0 Å². The van der Waals surface area contributed by atoms with Gasteiger partial charge in [-0.2, -0.15) is 0 Å². The normalized spacial score (nSPS) is 10.2. The molecule has 0 amide bonds. The lowest BCUT2D eigenvalue weighted by atomic mass is 10.0. The maximum Gasteiger partial charge on any atom is 0.0384 e. The van der Waals surface area contributed by atoms with Gasteiger partial charge in [0.1, 0.15) is 0 Å². The first-order valence-electron chi connectivity index (χ1n) is 12.9. The summed E-state index contributed by atoms with van der Waals surface area (Å²) in [6.45, 7) is 2.11. The van der Waals surface area contributed by atoms with Crippen LogP contribution in [0, 0.1) is 6.92 Å². The highest BCUT2D eigenvalue weighted by molar-refractivity contribution is 5.71. The van der Waals surface area contributed by atoms with E-state index in [0.717, 1.165) is 11.4 Å². The quantitative estimate of drug-likeness (QED) is 0.254. The van der Waals surface area contributed by atoms with Crippen molar-refractivity contribution >= 4 is 11.4 Å². The minimum Gasteiger partial charge on any atom is -0.356 e. The molecule has 0 atom stereocenters. The van der Waals surface area contributed by atoms with Crippen molar-refractivity contribution in [3.63, 3.8) is 0 Å². The van der Waals surface area contributed by atoms with Crippen molar-refractivity contribution < 1.29 is 0 Å². The molecular formula is C37H31N. The molecule has 6 aromatic carbocycles. The Hall–Kier alpha value is -4.88. The van der Waals surface area contributed by atoms with Gasteiger partial charge in [-0.15, -0.1) is 0 Å². The summed E-state index contributed by atoms with van der Waals surface area (Å²) in [5, 5.41) is 3.46. The zero-order chi connectivity index (χ0) is 26.0. The van der Waals surface area contributed by atoms with Gasteiger partial charge >= 0.3 is 0 Å².